The van der Waals surface area contributed by atoms with Crippen molar-refractivity contribution in [2.75, 3.05) is 0 Å². The van der Waals surface area contributed by atoms with Gasteiger partial charge in [-0.25, -0.2) is 8.78 Å². The van der Waals surface area contributed by atoms with Crippen molar-refractivity contribution in [1.29, 1.82) is 0 Å². The summed E-state index contributed by atoms with van der Waals surface area (Å²) < 4.78 is 29.5. The van der Waals surface area contributed by atoms with E-state index < -0.39 is 23.6 Å². The molecule has 0 fully saturated rings. The zero-order chi connectivity index (χ0) is 24.2. The van der Waals surface area contributed by atoms with Crippen LogP contribution in [-0.2, 0) is 6.42 Å². The van der Waals surface area contributed by atoms with E-state index in [1.807, 2.05) is 13.8 Å². The molecule has 11 heteroatoms. The first-order valence-electron chi connectivity index (χ1n) is 10.6. The lowest BCUT2D eigenvalue weighted by Gasteiger charge is -2.15. The molecule has 4 aromatic rings. The summed E-state index contributed by atoms with van der Waals surface area (Å²) in [6.45, 7) is 5.83. The van der Waals surface area contributed by atoms with Crippen molar-refractivity contribution in [3.8, 4) is 16.9 Å². The smallest absolute Gasteiger partial charge is 0.251 e. The lowest BCUT2D eigenvalue weighted by molar-refractivity contribution is 0.0939. The van der Waals surface area contributed by atoms with E-state index >= 15 is 0 Å². The van der Waals surface area contributed by atoms with Gasteiger partial charge in [-0.05, 0) is 41.5 Å². The molecule has 1 amide bonds. The minimum Gasteiger partial charge on any atom is -0.344 e. The van der Waals surface area contributed by atoms with Crippen molar-refractivity contribution < 1.29 is 13.6 Å². The number of benzene rings is 1. The van der Waals surface area contributed by atoms with Gasteiger partial charge >= 0.3 is 0 Å². The second-order valence-electron chi connectivity index (χ2n) is 8.18. The van der Waals surface area contributed by atoms with E-state index in [9.17, 15) is 13.6 Å². The molecule has 9 nitrogen and oxygen atoms in total. The average molecular weight is 464 g/mol. The topological polar surface area (TPSA) is 111 Å². The van der Waals surface area contributed by atoms with Gasteiger partial charge in [-0.3, -0.25) is 19.7 Å². The fraction of sp³-hybridized carbons (Fsp3) is 0.261. The van der Waals surface area contributed by atoms with Crippen molar-refractivity contribution in [3.63, 3.8) is 0 Å². The van der Waals surface area contributed by atoms with Gasteiger partial charge in [-0.2, -0.15) is 4.68 Å². The Morgan fingerprint density at radius 1 is 1.06 bits per heavy atom. The molecule has 0 aliphatic heterocycles. The van der Waals surface area contributed by atoms with Gasteiger partial charge in [0.05, 0.1) is 29.8 Å². The first-order valence-corrected chi connectivity index (χ1v) is 10.6. The number of hydrogen-bond donors (Lipinski definition) is 1. The summed E-state index contributed by atoms with van der Waals surface area (Å²) in [4.78, 5) is 25.3. The summed E-state index contributed by atoms with van der Waals surface area (Å²) >= 11 is 0. The normalized spacial score (nSPS) is 12.1. The Bertz CT molecular complexity index is 1310. The van der Waals surface area contributed by atoms with Gasteiger partial charge in [0.1, 0.15) is 11.5 Å². The maximum atomic E-state index is 14.6. The molecule has 0 spiro atoms. The molecular weight excluding hydrogens is 442 g/mol. The largest absolute Gasteiger partial charge is 0.344 e. The van der Waals surface area contributed by atoms with E-state index in [2.05, 4.69) is 35.8 Å². The molecule has 34 heavy (non-hydrogen) atoms. The van der Waals surface area contributed by atoms with Gasteiger partial charge in [-0.15, -0.1) is 5.10 Å². The Kier molecular flexibility index (Phi) is 6.62. The molecule has 3 aromatic heterocycles. The zero-order valence-corrected chi connectivity index (χ0v) is 18.8. The fourth-order valence-electron chi connectivity index (χ4n) is 3.42. The van der Waals surface area contributed by atoms with Crippen molar-refractivity contribution in [1.82, 2.24) is 40.5 Å². The van der Waals surface area contributed by atoms with Gasteiger partial charge in [0, 0.05) is 36.0 Å². The molecule has 4 rings (SSSR count). The predicted octanol–water partition coefficient (Wildman–Crippen LogP) is 3.48. The highest BCUT2D eigenvalue weighted by molar-refractivity contribution is 5.96. The van der Waals surface area contributed by atoms with Crippen molar-refractivity contribution in [2.24, 2.45) is 5.92 Å². The number of amides is 1. The number of tetrazole rings is 1. The molecule has 0 aliphatic carbocycles. The zero-order valence-electron chi connectivity index (χ0n) is 18.8. The SMILES string of the molecule is CC(C)Cc1nnnn1-c1cc(C(=O)NC(C)c2cnccn2)cc(-c2ncc(F)cc2F)c1. The van der Waals surface area contributed by atoms with Crippen LogP contribution >= 0.6 is 0 Å². The number of nitrogens with zero attached hydrogens (tertiary/aromatic N) is 7. The van der Waals surface area contributed by atoms with Crippen LogP contribution in [0.15, 0.2) is 49.1 Å². The van der Waals surface area contributed by atoms with Crippen LogP contribution in [0.4, 0.5) is 8.78 Å². The lowest BCUT2D eigenvalue weighted by Crippen LogP contribution is -2.27. The lowest BCUT2D eigenvalue weighted by atomic mass is 10.0. The average Bonchev–Trinajstić information content (AvgIpc) is 3.26. The second kappa shape index (κ2) is 9.77. The molecule has 0 radical (unpaired) electrons. The summed E-state index contributed by atoms with van der Waals surface area (Å²) in [7, 11) is 0. The number of rotatable bonds is 7. The molecule has 174 valence electrons. The third-order valence-electron chi connectivity index (χ3n) is 5.01. The molecule has 1 unspecified atom stereocenters. The van der Waals surface area contributed by atoms with Gasteiger partial charge in [-0.1, -0.05) is 13.8 Å². The summed E-state index contributed by atoms with van der Waals surface area (Å²) in [6, 6.07) is 5.00. The fourth-order valence-corrected chi connectivity index (χ4v) is 3.42. The Balaban J connectivity index is 1.77. The van der Waals surface area contributed by atoms with Crippen LogP contribution in [0.3, 0.4) is 0 Å². The van der Waals surface area contributed by atoms with Gasteiger partial charge < -0.3 is 5.32 Å². The van der Waals surface area contributed by atoms with Crippen molar-refractivity contribution in [2.45, 2.75) is 33.2 Å². The van der Waals surface area contributed by atoms with E-state index in [-0.39, 0.29) is 22.7 Å². The third kappa shape index (κ3) is 5.08. The number of nitrogens with one attached hydrogen (secondary N) is 1. The molecule has 1 N–H and O–H groups in total. The second-order valence-corrected chi connectivity index (χ2v) is 8.18. The molecule has 0 saturated heterocycles. The molecule has 0 aliphatic rings. The monoisotopic (exact) mass is 464 g/mol. The van der Waals surface area contributed by atoms with Crippen LogP contribution in [0.25, 0.3) is 16.9 Å². The standard InChI is InChI=1S/C23H22F2N8O/c1-13(2)6-21-30-31-32-33(21)18-8-15(22-19(25)10-17(24)11-28-22)7-16(9-18)23(34)29-14(3)20-12-26-4-5-27-20/h4-5,7-14H,6H2,1-3H3,(H,29,34). The van der Waals surface area contributed by atoms with Gasteiger partial charge in [0.25, 0.3) is 5.91 Å². The Labute approximate surface area is 194 Å². The van der Waals surface area contributed by atoms with Gasteiger partial charge in [0.15, 0.2) is 11.6 Å². The van der Waals surface area contributed by atoms with Crippen molar-refractivity contribution in [3.05, 3.63) is 77.8 Å². The molecule has 1 atom stereocenters. The van der Waals surface area contributed by atoms with E-state index in [0.717, 1.165) is 12.3 Å². The molecule has 3 heterocycles. The van der Waals surface area contributed by atoms with Crippen LogP contribution in [0.1, 0.15) is 48.7 Å². The molecule has 1 aromatic carbocycles. The highest BCUT2D eigenvalue weighted by Gasteiger charge is 2.19. The summed E-state index contributed by atoms with van der Waals surface area (Å²) in [5.74, 6) is -1.22. The minimum atomic E-state index is -0.851. The Morgan fingerprint density at radius 3 is 2.59 bits per heavy atom. The number of pyridine rings is 1. The highest BCUT2D eigenvalue weighted by atomic mass is 19.1. The predicted molar refractivity (Wildman–Crippen MR) is 119 cm³/mol. The van der Waals surface area contributed by atoms with Crippen LogP contribution < -0.4 is 5.32 Å². The summed E-state index contributed by atoms with van der Waals surface area (Å²) in [5, 5.41) is 14.7. The van der Waals surface area contributed by atoms with E-state index in [4.69, 9.17) is 0 Å². The first-order chi connectivity index (χ1) is 16.3. The number of aromatic nitrogens is 7. The van der Waals surface area contributed by atoms with E-state index in [0.29, 0.717) is 23.6 Å². The molecular formula is C23H22F2N8O. The van der Waals surface area contributed by atoms with Crippen LogP contribution in [0, 0.1) is 17.6 Å². The van der Waals surface area contributed by atoms with Crippen LogP contribution in [0.5, 0.6) is 0 Å². The molecule has 0 bridgehead atoms. The summed E-state index contributed by atoms with van der Waals surface area (Å²) in [5.41, 5.74) is 1.43. The molecule has 0 saturated carbocycles. The van der Waals surface area contributed by atoms with Crippen LogP contribution in [-0.4, -0.2) is 41.1 Å². The number of halogens is 2. The number of carbonyl (C=O) groups is 1. The first kappa shape index (κ1) is 23.0. The summed E-state index contributed by atoms with van der Waals surface area (Å²) in [6.07, 6.45) is 6.14. The quantitative estimate of drug-likeness (QED) is 0.446. The Morgan fingerprint density at radius 2 is 1.88 bits per heavy atom. The van der Waals surface area contributed by atoms with Gasteiger partial charge in [0.2, 0.25) is 0 Å². The van der Waals surface area contributed by atoms with Crippen molar-refractivity contribution >= 4 is 5.91 Å². The minimum absolute atomic E-state index is 0.0993. The van der Waals surface area contributed by atoms with E-state index in [1.165, 1.54) is 16.9 Å². The van der Waals surface area contributed by atoms with E-state index in [1.54, 1.807) is 31.5 Å². The maximum Gasteiger partial charge on any atom is 0.251 e. The number of carbonyl (C=O) groups excluding carboxylic acids is 1. The van der Waals surface area contributed by atoms with Crippen LogP contribution in [0.2, 0.25) is 0 Å². The highest BCUT2D eigenvalue weighted by Crippen LogP contribution is 2.26. The third-order valence-corrected chi connectivity index (χ3v) is 5.01. The number of hydrogen-bond acceptors (Lipinski definition) is 7. The maximum absolute atomic E-state index is 14.6. The Hall–Kier alpha value is -4.15.